The minimum atomic E-state index is 1.10. The predicted octanol–water partition coefficient (Wildman–Crippen LogP) is 2.05. The summed E-state index contributed by atoms with van der Waals surface area (Å²) in [7, 11) is 0. The quantitative estimate of drug-likeness (QED) is 0.709. The Morgan fingerprint density at radius 3 is 2.82 bits per heavy atom. The van der Waals surface area contributed by atoms with Gasteiger partial charge in [-0.25, -0.2) is 0 Å². The van der Waals surface area contributed by atoms with Crippen LogP contribution in [0.4, 0.5) is 5.69 Å². The van der Waals surface area contributed by atoms with E-state index in [0.717, 1.165) is 4.47 Å². The minimum absolute atomic E-state index is 1.10. The van der Waals surface area contributed by atoms with Crippen LogP contribution < -0.4 is 4.90 Å². The Morgan fingerprint density at radius 2 is 2.27 bits per heavy atom. The highest BCUT2D eigenvalue weighted by molar-refractivity contribution is 9.10. The number of anilines is 1. The molecule has 0 saturated carbocycles. The second-order valence-corrected chi connectivity index (χ2v) is 3.52. The van der Waals surface area contributed by atoms with E-state index < -0.39 is 0 Å². The summed E-state index contributed by atoms with van der Waals surface area (Å²) in [4.78, 5) is 6.35. The molecule has 0 aromatic carbocycles. The Labute approximate surface area is 74.4 Å². The van der Waals surface area contributed by atoms with Crippen molar-refractivity contribution in [3.8, 4) is 0 Å². The standard InChI is InChI=1S/C8H9BrN2/c9-7-6-10-3-2-8(7)11-4-1-5-11/h2-3,6H,1,4-5H2. The molecule has 2 heterocycles. The summed E-state index contributed by atoms with van der Waals surface area (Å²) in [6.07, 6.45) is 4.99. The van der Waals surface area contributed by atoms with Gasteiger partial charge in [-0.15, -0.1) is 0 Å². The first kappa shape index (κ1) is 7.10. The number of pyridine rings is 1. The normalized spacial score (nSPS) is 16.3. The van der Waals surface area contributed by atoms with Gasteiger partial charge in [0.25, 0.3) is 0 Å². The highest BCUT2D eigenvalue weighted by atomic mass is 79.9. The Balaban J connectivity index is 2.28. The Bertz CT molecular complexity index is 258. The average Bonchev–Trinajstić information content (AvgIpc) is 1.90. The van der Waals surface area contributed by atoms with Crippen LogP contribution in [0.15, 0.2) is 22.9 Å². The maximum absolute atomic E-state index is 4.01. The molecule has 1 saturated heterocycles. The molecular weight excluding hydrogens is 204 g/mol. The fourth-order valence-electron chi connectivity index (χ4n) is 1.18. The van der Waals surface area contributed by atoms with Crippen LogP contribution >= 0.6 is 15.9 Å². The van der Waals surface area contributed by atoms with Crippen molar-refractivity contribution in [3.05, 3.63) is 22.9 Å². The number of rotatable bonds is 1. The maximum Gasteiger partial charge on any atom is 0.0592 e. The minimum Gasteiger partial charge on any atom is -0.370 e. The Morgan fingerprint density at radius 1 is 1.45 bits per heavy atom. The summed E-state index contributed by atoms with van der Waals surface area (Å²) < 4.78 is 1.10. The molecule has 0 spiro atoms. The Hall–Kier alpha value is -0.570. The monoisotopic (exact) mass is 212 g/mol. The van der Waals surface area contributed by atoms with Crippen LogP contribution in [-0.2, 0) is 0 Å². The van der Waals surface area contributed by atoms with Crippen LogP contribution in [0, 0.1) is 0 Å². The van der Waals surface area contributed by atoms with Crippen LogP contribution in [0.25, 0.3) is 0 Å². The molecule has 58 valence electrons. The molecule has 0 amide bonds. The summed E-state index contributed by atoms with van der Waals surface area (Å²) in [5.74, 6) is 0. The van der Waals surface area contributed by atoms with Gasteiger partial charge in [-0.1, -0.05) is 0 Å². The molecule has 2 rings (SSSR count). The second-order valence-electron chi connectivity index (χ2n) is 2.67. The molecule has 1 aromatic rings. The van der Waals surface area contributed by atoms with Crippen molar-refractivity contribution >= 4 is 21.6 Å². The van der Waals surface area contributed by atoms with Crippen molar-refractivity contribution in [2.24, 2.45) is 0 Å². The number of halogens is 1. The van der Waals surface area contributed by atoms with E-state index >= 15 is 0 Å². The van der Waals surface area contributed by atoms with Gasteiger partial charge in [0.1, 0.15) is 0 Å². The van der Waals surface area contributed by atoms with E-state index in [0.29, 0.717) is 0 Å². The summed E-state index contributed by atoms with van der Waals surface area (Å²) in [5, 5.41) is 0. The number of aromatic nitrogens is 1. The highest BCUT2D eigenvalue weighted by Crippen LogP contribution is 2.27. The SMILES string of the molecule is Brc1cnccc1N1CCC1. The molecule has 1 aliphatic heterocycles. The molecule has 3 heteroatoms. The summed E-state index contributed by atoms with van der Waals surface area (Å²) in [6.45, 7) is 2.37. The predicted molar refractivity (Wildman–Crippen MR) is 48.8 cm³/mol. The lowest BCUT2D eigenvalue weighted by Gasteiger charge is -2.33. The molecule has 11 heavy (non-hydrogen) atoms. The van der Waals surface area contributed by atoms with Crippen molar-refractivity contribution in [1.29, 1.82) is 0 Å². The van der Waals surface area contributed by atoms with Gasteiger partial charge < -0.3 is 4.90 Å². The van der Waals surface area contributed by atoms with Crippen molar-refractivity contribution in [3.63, 3.8) is 0 Å². The van der Waals surface area contributed by atoms with Crippen LogP contribution in [-0.4, -0.2) is 18.1 Å². The molecule has 0 aliphatic carbocycles. The summed E-state index contributed by atoms with van der Waals surface area (Å²) in [6, 6.07) is 2.04. The van der Waals surface area contributed by atoms with Gasteiger partial charge in [-0.05, 0) is 28.4 Å². The van der Waals surface area contributed by atoms with Gasteiger partial charge in [-0.3, -0.25) is 4.98 Å². The van der Waals surface area contributed by atoms with Crippen molar-refractivity contribution in [1.82, 2.24) is 4.98 Å². The van der Waals surface area contributed by atoms with Gasteiger partial charge in [0.15, 0.2) is 0 Å². The average molecular weight is 213 g/mol. The third-order valence-electron chi connectivity index (χ3n) is 1.95. The van der Waals surface area contributed by atoms with Crippen molar-refractivity contribution in [2.45, 2.75) is 6.42 Å². The van der Waals surface area contributed by atoms with Gasteiger partial charge in [0.2, 0.25) is 0 Å². The molecule has 0 unspecified atom stereocenters. The van der Waals surface area contributed by atoms with E-state index in [1.165, 1.54) is 25.2 Å². The van der Waals surface area contributed by atoms with Crippen LogP contribution in [0.2, 0.25) is 0 Å². The van der Waals surface area contributed by atoms with Gasteiger partial charge in [0.05, 0.1) is 10.2 Å². The Kier molecular flexibility index (Phi) is 1.82. The molecule has 1 aliphatic rings. The third kappa shape index (κ3) is 1.25. The molecule has 1 aromatic heterocycles. The zero-order chi connectivity index (χ0) is 7.68. The van der Waals surface area contributed by atoms with Gasteiger partial charge >= 0.3 is 0 Å². The van der Waals surface area contributed by atoms with Gasteiger partial charge in [-0.2, -0.15) is 0 Å². The zero-order valence-corrected chi connectivity index (χ0v) is 7.71. The largest absolute Gasteiger partial charge is 0.370 e. The van der Waals surface area contributed by atoms with Crippen LogP contribution in [0.1, 0.15) is 6.42 Å². The van der Waals surface area contributed by atoms with Crippen LogP contribution in [0.3, 0.4) is 0 Å². The lowest BCUT2D eigenvalue weighted by molar-refractivity contribution is 0.616. The number of hydrogen-bond acceptors (Lipinski definition) is 2. The van der Waals surface area contributed by atoms with E-state index in [1.54, 1.807) is 0 Å². The first-order chi connectivity index (χ1) is 5.38. The molecule has 2 nitrogen and oxygen atoms in total. The fourth-order valence-corrected chi connectivity index (χ4v) is 1.68. The smallest absolute Gasteiger partial charge is 0.0592 e. The van der Waals surface area contributed by atoms with Crippen molar-refractivity contribution < 1.29 is 0 Å². The topological polar surface area (TPSA) is 16.1 Å². The summed E-state index contributed by atoms with van der Waals surface area (Å²) >= 11 is 3.47. The molecule has 0 N–H and O–H groups in total. The van der Waals surface area contributed by atoms with E-state index in [-0.39, 0.29) is 0 Å². The molecule has 0 radical (unpaired) electrons. The van der Waals surface area contributed by atoms with Crippen LogP contribution in [0.5, 0.6) is 0 Å². The molecule has 0 atom stereocenters. The highest BCUT2D eigenvalue weighted by Gasteiger charge is 2.15. The number of hydrogen-bond donors (Lipinski definition) is 0. The number of nitrogens with zero attached hydrogens (tertiary/aromatic N) is 2. The zero-order valence-electron chi connectivity index (χ0n) is 6.13. The molecule has 1 fully saturated rings. The van der Waals surface area contributed by atoms with Gasteiger partial charge in [0, 0.05) is 25.5 Å². The first-order valence-corrected chi connectivity index (χ1v) is 4.52. The summed E-state index contributed by atoms with van der Waals surface area (Å²) in [5.41, 5.74) is 1.27. The molecule has 0 bridgehead atoms. The lowest BCUT2D eigenvalue weighted by Crippen LogP contribution is -2.37. The van der Waals surface area contributed by atoms with Crippen molar-refractivity contribution in [2.75, 3.05) is 18.0 Å². The van der Waals surface area contributed by atoms with E-state index in [1.807, 2.05) is 18.5 Å². The van der Waals surface area contributed by atoms with E-state index in [2.05, 4.69) is 25.8 Å². The molecular formula is C8H9BrN2. The fraction of sp³-hybridized carbons (Fsp3) is 0.375. The lowest BCUT2D eigenvalue weighted by atomic mass is 10.2. The van der Waals surface area contributed by atoms with E-state index in [4.69, 9.17) is 0 Å². The second kappa shape index (κ2) is 2.81. The first-order valence-electron chi connectivity index (χ1n) is 3.72. The third-order valence-corrected chi connectivity index (χ3v) is 2.56. The maximum atomic E-state index is 4.01. The van der Waals surface area contributed by atoms with E-state index in [9.17, 15) is 0 Å².